The Morgan fingerprint density at radius 2 is 0.304 bits per heavy atom. The maximum Gasteiger partial charge on any atom is -0.0279 e. The minimum atomic E-state index is 1.28. The first-order chi connectivity index (χ1) is 27.9. The first-order valence-corrected chi connectivity index (χ1v) is 26.9. The maximum atomic E-state index is 2.42. The van der Waals surface area contributed by atoms with Crippen LogP contribution in [0.15, 0.2) is 24.3 Å². The highest BCUT2D eigenvalue weighted by atomic mass is 14.1. The molecule has 330 valence electrons. The van der Waals surface area contributed by atoms with E-state index >= 15 is 0 Å². The van der Waals surface area contributed by atoms with E-state index in [1.54, 1.807) is 11.1 Å². The third kappa shape index (κ3) is 41.4. The molecule has 56 heavy (non-hydrogen) atoms. The van der Waals surface area contributed by atoms with Crippen LogP contribution in [0.2, 0.25) is 0 Å². The molecular weight excluding hydrogens is 673 g/mol. The van der Waals surface area contributed by atoms with Crippen molar-refractivity contribution in [3.63, 3.8) is 0 Å². The van der Waals surface area contributed by atoms with E-state index in [4.69, 9.17) is 0 Å². The summed E-state index contributed by atoms with van der Waals surface area (Å²) in [5.41, 5.74) is 3.11. The highest BCUT2D eigenvalue weighted by Gasteiger charge is 2.00. The molecule has 0 radical (unpaired) electrons. The topological polar surface area (TPSA) is 0 Å². The summed E-state index contributed by atoms with van der Waals surface area (Å²) in [6, 6.07) is 9.69. The molecule has 0 saturated carbocycles. The summed E-state index contributed by atoms with van der Waals surface area (Å²) in [5, 5.41) is 0. The van der Waals surface area contributed by atoms with Gasteiger partial charge in [-0.25, -0.2) is 0 Å². The predicted octanol–water partition coefficient (Wildman–Crippen LogP) is 20.8. The minimum Gasteiger partial charge on any atom is -0.0654 e. The van der Waals surface area contributed by atoms with Crippen LogP contribution in [-0.2, 0) is 12.8 Å². The second kappa shape index (κ2) is 46.9. The van der Waals surface area contributed by atoms with Crippen molar-refractivity contribution in [3.8, 4) is 0 Å². The molecule has 0 atom stereocenters. The van der Waals surface area contributed by atoms with Gasteiger partial charge in [0.05, 0.1) is 0 Å². The Morgan fingerprint density at radius 3 is 0.446 bits per heavy atom. The lowest BCUT2D eigenvalue weighted by atomic mass is 10.0. The summed E-state index contributed by atoms with van der Waals surface area (Å²) < 4.78 is 0. The quantitative estimate of drug-likeness (QED) is 0.0578. The lowest BCUT2D eigenvalue weighted by Gasteiger charge is -2.06. The second-order valence-corrected chi connectivity index (χ2v) is 18.9. The van der Waals surface area contributed by atoms with Crippen molar-refractivity contribution in [2.45, 2.75) is 322 Å². The van der Waals surface area contributed by atoms with Gasteiger partial charge in [-0.3, -0.25) is 0 Å². The van der Waals surface area contributed by atoms with Gasteiger partial charge in [-0.15, -0.1) is 0 Å². The molecule has 0 aromatic heterocycles. The molecule has 1 aromatic carbocycles. The highest BCUT2D eigenvalue weighted by Crippen LogP contribution is 2.19. The van der Waals surface area contributed by atoms with Crippen LogP contribution in [0.5, 0.6) is 0 Å². The van der Waals surface area contributed by atoms with E-state index in [1.165, 1.54) is 308 Å². The van der Waals surface area contributed by atoms with Gasteiger partial charge in [0, 0.05) is 0 Å². The van der Waals surface area contributed by atoms with Crippen LogP contribution >= 0.6 is 0 Å². The molecule has 0 unspecified atom stereocenters. The van der Waals surface area contributed by atoms with E-state index in [0.29, 0.717) is 0 Å². The SMILES string of the molecule is CCCCCCCCCCCCCCCCCCCCCCCCCc1ccc(CCCCCCCCCCCCCCCCCCCCCCCCC)cc1. The van der Waals surface area contributed by atoms with Crippen LogP contribution in [0.3, 0.4) is 0 Å². The number of hydrogen-bond acceptors (Lipinski definition) is 0. The van der Waals surface area contributed by atoms with E-state index in [2.05, 4.69) is 38.1 Å². The predicted molar refractivity (Wildman–Crippen MR) is 258 cm³/mol. The van der Waals surface area contributed by atoms with Gasteiger partial charge < -0.3 is 0 Å². The molecule has 1 aromatic rings. The van der Waals surface area contributed by atoms with Gasteiger partial charge in [0.15, 0.2) is 0 Å². The Bertz CT molecular complexity index is 752. The Kier molecular flexibility index (Phi) is 44.6. The average Bonchev–Trinajstić information content (AvgIpc) is 3.22. The van der Waals surface area contributed by atoms with Crippen molar-refractivity contribution in [3.05, 3.63) is 35.4 Å². The molecule has 0 heteroatoms. The molecule has 0 heterocycles. The zero-order valence-electron chi connectivity index (χ0n) is 39.3. The lowest BCUT2D eigenvalue weighted by molar-refractivity contribution is 0.518. The number of hydrogen-bond donors (Lipinski definition) is 0. The fourth-order valence-electron chi connectivity index (χ4n) is 9.10. The Hall–Kier alpha value is -0.780. The van der Waals surface area contributed by atoms with Crippen LogP contribution in [0.4, 0.5) is 0 Å². The van der Waals surface area contributed by atoms with E-state index in [1.807, 2.05) is 0 Å². The molecule has 0 nitrogen and oxygen atoms in total. The average molecular weight is 779 g/mol. The monoisotopic (exact) mass is 779 g/mol. The van der Waals surface area contributed by atoms with Gasteiger partial charge in [-0.05, 0) is 36.8 Å². The molecule has 1 rings (SSSR count). The van der Waals surface area contributed by atoms with Gasteiger partial charge in [-0.2, -0.15) is 0 Å². The maximum absolute atomic E-state index is 2.42. The number of rotatable bonds is 48. The lowest BCUT2D eigenvalue weighted by Crippen LogP contribution is -1.90. The van der Waals surface area contributed by atoms with E-state index in [9.17, 15) is 0 Å². The minimum absolute atomic E-state index is 1.28. The van der Waals surface area contributed by atoms with Gasteiger partial charge in [-0.1, -0.05) is 321 Å². The van der Waals surface area contributed by atoms with Crippen molar-refractivity contribution < 1.29 is 0 Å². The number of unbranched alkanes of at least 4 members (excludes halogenated alkanes) is 44. The Labute approximate surface area is 356 Å². The third-order valence-corrected chi connectivity index (χ3v) is 13.2. The molecule has 0 aliphatic rings. The first-order valence-electron chi connectivity index (χ1n) is 26.9. The van der Waals surface area contributed by atoms with Crippen LogP contribution in [0.25, 0.3) is 0 Å². The molecular formula is C56H106. The highest BCUT2D eigenvalue weighted by molar-refractivity contribution is 5.22. The second-order valence-electron chi connectivity index (χ2n) is 18.9. The van der Waals surface area contributed by atoms with Gasteiger partial charge in [0.25, 0.3) is 0 Å². The van der Waals surface area contributed by atoms with Crippen molar-refractivity contribution >= 4 is 0 Å². The fraction of sp³-hybridized carbons (Fsp3) is 0.893. The fourth-order valence-corrected chi connectivity index (χ4v) is 9.10. The number of aryl methyl sites for hydroxylation is 2. The molecule has 0 bridgehead atoms. The normalized spacial score (nSPS) is 11.6. The third-order valence-electron chi connectivity index (χ3n) is 13.2. The van der Waals surface area contributed by atoms with Crippen LogP contribution in [-0.4, -0.2) is 0 Å². The summed E-state index contributed by atoms with van der Waals surface area (Å²) in [5.74, 6) is 0. The molecule has 0 aliphatic carbocycles. The van der Waals surface area contributed by atoms with Crippen molar-refractivity contribution in [1.82, 2.24) is 0 Å². The standard InChI is InChI=1S/C56H106/c1-3-5-7-9-11-13-15-17-19-21-23-25-27-29-31-33-35-37-39-41-43-45-47-49-55-51-53-56(54-52-55)50-48-46-44-42-40-38-36-34-32-30-28-26-24-22-20-18-16-14-12-10-8-6-4-2/h51-54H,3-50H2,1-2H3. The Balaban J connectivity index is 1.74. The van der Waals surface area contributed by atoms with E-state index < -0.39 is 0 Å². The summed E-state index contributed by atoms with van der Waals surface area (Å²) in [7, 11) is 0. The van der Waals surface area contributed by atoms with Gasteiger partial charge >= 0.3 is 0 Å². The molecule has 0 aliphatic heterocycles. The summed E-state index contributed by atoms with van der Waals surface area (Å²) in [4.78, 5) is 0. The largest absolute Gasteiger partial charge is 0.0654 e. The van der Waals surface area contributed by atoms with Crippen LogP contribution in [0, 0.1) is 0 Å². The van der Waals surface area contributed by atoms with Crippen LogP contribution < -0.4 is 0 Å². The van der Waals surface area contributed by atoms with Crippen LogP contribution in [0.1, 0.15) is 320 Å². The van der Waals surface area contributed by atoms with Gasteiger partial charge in [0.1, 0.15) is 0 Å². The van der Waals surface area contributed by atoms with Crippen molar-refractivity contribution in [2.75, 3.05) is 0 Å². The summed E-state index contributed by atoms with van der Waals surface area (Å²) in [6.45, 7) is 4.62. The molecule has 0 amide bonds. The van der Waals surface area contributed by atoms with Crippen molar-refractivity contribution in [2.24, 2.45) is 0 Å². The molecule has 0 N–H and O–H groups in total. The first kappa shape index (κ1) is 53.2. The van der Waals surface area contributed by atoms with Gasteiger partial charge in [0.2, 0.25) is 0 Å². The molecule has 0 fully saturated rings. The van der Waals surface area contributed by atoms with Crippen molar-refractivity contribution in [1.29, 1.82) is 0 Å². The Morgan fingerprint density at radius 1 is 0.179 bits per heavy atom. The smallest absolute Gasteiger partial charge is 0.0279 e. The molecule has 0 saturated heterocycles. The summed E-state index contributed by atoms with van der Waals surface area (Å²) in [6.07, 6.45) is 69.9. The molecule has 0 spiro atoms. The van der Waals surface area contributed by atoms with E-state index in [-0.39, 0.29) is 0 Å². The van der Waals surface area contributed by atoms with E-state index in [0.717, 1.165) is 0 Å². The zero-order valence-corrected chi connectivity index (χ0v) is 39.3. The number of benzene rings is 1. The summed E-state index contributed by atoms with van der Waals surface area (Å²) >= 11 is 0. The zero-order chi connectivity index (χ0) is 39.9.